The smallest absolute Gasteiger partial charge is 0.0913 e. The normalized spacial score (nSPS) is 13.0. The Morgan fingerprint density at radius 3 is 2.43 bits per heavy atom. The second kappa shape index (κ2) is 11.1. The molecule has 0 aromatic rings. The van der Waals surface area contributed by atoms with Gasteiger partial charge in [-0.05, 0) is 0 Å². The number of rotatable bonds is 10. The minimum atomic E-state index is -0.915. The van der Waals surface area contributed by atoms with Crippen LogP contribution in [-0.4, -0.2) is 49.5 Å². The monoisotopic (exact) mass is 224 g/mol. The lowest BCUT2D eigenvalue weighted by Crippen LogP contribution is -2.24. The van der Waals surface area contributed by atoms with E-state index in [1.54, 1.807) is 0 Å². The summed E-state index contributed by atoms with van der Waals surface area (Å²) in [4.78, 5) is 0. The molecular weight excluding hydrogens is 204 g/mol. The Labute approximate surface area is 87.9 Å². The van der Waals surface area contributed by atoms with Crippen LogP contribution in [0.15, 0.2) is 0 Å². The van der Waals surface area contributed by atoms with Crippen molar-refractivity contribution in [1.82, 2.24) is 4.72 Å². The van der Waals surface area contributed by atoms with Gasteiger partial charge in [-0.3, -0.25) is 0 Å². The molecule has 0 aliphatic carbocycles. The Balaban J connectivity index is 2.95. The Kier molecular flexibility index (Phi) is 11.1. The quantitative estimate of drug-likeness (QED) is 0.479. The molecule has 0 heterocycles. The molecule has 0 aliphatic heterocycles. The Bertz CT molecular complexity index is 147. The minimum Gasteiger partial charge on any atom is -0.378 e. The second-order valence-corrected chi connectivity index (χ2v) is 4.10. The summed E-state index contributed by atoms with van der Waals surface area (Å²) in [5.74, 6) is 0.625. The van der Waals surface area contributed by atoms with Gasteiger partial charge >= 0.3 is 0 Å². The minimum absolute atomic E-state index is 0.539. The van der Waals surface area contributed by atoms with Crippen LogP contribution in [0.25, 0.3) is 0 Å². The maximum Gasteiger partial charge on any atom is 0.0913 e. The highest BCUT2D eigenvalue weighted by molar-refractivity contribution is 7.82. The highest BCUT2D eigenvalue weighted by Gasteiger charge is 1.93. The molecule has 86 valence electrons. The third kappa shape index (κ3) is 10.1. The molecule has 0 amide bonds. The Morgan fingerprint density at radius 2 is 1.86 bits per heavy atom. The van der Waals surface area contributed by atoms with Gasteiger partial charge in [0.15, 0.2) is 0 Å². The van der Waals surface area contributed by atoms with Crippen molar-refractivity contribution in [2.24, 2.45) is 5.73 Å². The number of nitrogens with two attached hydrogens (primary N) is 1. The Hall–Kier alpha value is -0.0100. The molecule has 3 N–H and O–H groups in total. The van der Waals surface area contributed by atoms with Gasteiger partial charge in [-0.1, -0.05) is 6.92 Å². The summed E-state index contributed by atoms with van der Waals surface area (Å²) in [5, 5.41) is 0. The average molecular weight is 224 g/mol. The first-order valence-corrected chi connectivity index (χ1v) is 6.10. The van der Waals surface area contributed by atoms with Crippen molar-refractivity contribution in [3.63, 3.8) is 0 Å². The number of hydrogen-bond acceptors (Lipinski definition) is 4. The van der Waals surface area contributed by atoms with Gasteiger partial charge in [-0.15, -0.1) is 0 Å². The van der Waals surface area contributed by atoms with Crippen molar-refractivity contribution in [3.8, 4) is 0 Å². The van der Waals surface area contributed by atoms with E-state index in [4.69, 9.17) is 15.2 Å². The second-order valence-electron chi connectivity index (χ2n) is 2.54. The van der Waals surface area contributed by atoms with Gasteiger partial charge in [0.05, 0.1) is 37.4 Å². The number of nitrogens with one attached hydrogen (secondary N) is 1. The molecule has 0 saturated heterocycles. The summed E-state index contributed by atoms with van der Waals surface area (Å²) >= 11 is 0. The highest BCUT2D eigenvalue weighted by Crippen LogP contribution is 1.78. The average Bonchev–Trinajstić information content (AvgIpc) is 2.21. The summed E-state index contributed by atoms with van der Waals surface area (Å²) in [6.45, 7) is 5.26. The van der Waals surface area contributed by atoms with Crippen LogP contribution in [0.4, 0.5) is 0 Å². The Morgan fingerprint density at radius 1 is 1.21 bits per heavy atom. The van der Waals surface area contributed by atoms with Crippen molar-refractivity contribution in [3.05, 3.63) is 0 Å². The van der Waals surface area contributed by atoms with Gasteiger partial charge in [0.1, 0.15) is 0 Å². The van der Waals surface area contributed by atoms with E-state index in [0.29, 0.717) is 45.3 Å². The summed E-state index contributed by atoms with van der Waals surface area (Å²) in [6.07, 6.45) is 0. The first kappa shape index (κ1) is 14.0. The molecule has 0 aromatic heterocycles. The predicted octanol–water partition coefficient (Wildman–Crippen LogP) is -0.748. The largest absolute Gasteiger partial charge is 0.378 e. The SMILES string of the molecule is CCS(=O)NCCOCCOCCN. The van der Waals surface area contributed by atoms with E-state index in [-0.39, 0.29) is 0 Å². The molecule has 14 heavy (non-hydrogen) atoms. The summed E-state index contributed by atoms with van der Waals surface area (Å²) in [6, 6.07) is 0. The molecular formula is C8H20N2O3S. The topological polar surface area (TPSA) is 73.6 Å². The fraction of sp³-hybridized carbons (Fsp3) is 1.00. The molecule has 5 nitrogen and oxygen atoms in total. The lowest BCUT2D eigenvalue weighted by atomic mass is 10.7. The highest BCUT2D eigenvalue weighted by atomic mass is 32.2. The van der Waals surface area contributed by atoms with Crippen LogP contribution in [0.2, 0.25) is 0 Å². The van der Waals surface area contributed by atoms with E-state index in [2.05, 4.69) is 4.72 Å². The molecule has 0 aliphatic rings. The van der Waals surface area contributed by atoms with Crippen LogP contribution < -0.4 is 10.5 Å². The molecule has 0 bridgehead atoms. The van der Waals surface area contributed by atoms with Crippen molar-refractivity contribution in [2.45, 2.75) is 6.92 Å². The van der Waals surface area contributed by atoms with Crippen LogP contribution in [0.1, 0.15) is 6.92 Å². The van der Waals surface area contributed by atoms with E-state index in [0.717, 1.165) is 0 Å². The first-order chi connectivity index (χ1) is 6.81. The van der Waals surface area contributed by atoms with Crippen molar-refractivity contribution >= 4 is 11.0 Å². The molecule has 1 unspecified atom stereocenters. The number of hydrogen-bond donors (Lipinski definition) is 2. The summed E-state index contributed by atoms with van der Waals surface area (Å²) < 4.78 is 24.0. The molecule has 0 rings (SSSR count). The van der Waals surface area contributed by atoms with Gasteiger partial charge in [0, 0.05) is 18.8 Å². The van der Waals surface area contributed by atoms with Gasteiger partial charge in [0.2, 0.25) is 0 Å². The molecule has 0 radical (unpaired) electrons. The van der Waals surface area contributed by atoms with Crippen LogP contribution in [0.3, 0.4) is 0 Å². The zero-order valence-electron chi connectivity index (χ0n) is 8.66. The maximum absolute atomic E-state index is 10.9. The third-order valence-electron chi connectivity index (χ3n) is 1.41. The molecule has 6 heteroatoms. The lowest BCUT2D eigenvalue weighted by Gasteiger charge is -2.05. The molecule has 0 saturated carbocycles. The van der Waals surface area contributed by atoms with Crippen LogP contribution in [0.5, 0.6) is 0 Å². The van der Waals surface area contributed by atoms with Gasteiger partial charge < -0.3 is 15.2 Å². The molecule has 1 atom stereocenters. The van der Waals surface area contributed by atoms with Crippen LogP contribution in [0, 0.1) is 0 Å². The summed E-state index contributed by atoms with van der Waals surface area (Å²) in [5.41, 5.74) is 5.23. The van der Waals surface area contributed by atoms with E-state index in [9.17, 15) is 4.21 Å². The van der Waals surface area contributed by atoms with Gasteiger partial charge in [0.25, 0.3) is 0 Å². The van der Waals surface area contributed by atoms with Crippen molar-refractivity contribution < 1.29 is 13.7 Å². The summed E-state index contributed by atoms with van der Waals surface area (Å²) in [7, 11) is -0.915. The number of ether oxygens (including phenoxy) is 2. The van der Waals surface area contributed by atoms with E-state index in [1.807, 2.05) is 6.92 Å². The van der Waals surface area contributed by atoms with E-state index in [1.165, 1.54) is 0 Å². The van der Waals surface area contributed by atoms with Gasteiger partial charge in [-0.2, -0.15) is 0 Å². The van der Waals surface area contributed by atoms with Crippen LogP contribution in [-0.2, 0) is 20.5 Å². The van der Waals surface area contributed by atoms with Crippen molar-refractivity contribution in [1.29, 1.82) is 0 Å². The third-order valence-corrected chi connectivity index (χ3v) is 2.46. The molecule has 0 fully saturated rings. The van der Waals surface area contributed by atoms with E-state index < -0.39 is 11.0 Å². The maximum atomic E-state index is 10.9. The zero-order chi connectivity index (χ0) is 10.6. The standard InChI is InChI=1S/C8H20N2O3S/c1-2-14(11)10-4-6-13-8-7-12-5-3-9/h10H,2-9H2,1H3. The van der Waals surface area contributed by atoms with Crippen molar-refractivity contribution in [2.75, 3.05) is 45.3 Å². The van der Waals surface area contributed by atoms with Crippen LogP contribution >= 0.6 is 0 Å². The zero-order valence-corrected chi connectivity index (χ0v) is 9.48. The lowest BCUT2D eigenvalue weighted by molar-refractivity contribution is 0.0531. The fourth-order valence-electron chi connectivity index (χ4n) is 0.735. The molecule has 0 aromatic carbocycles. The van der Waals surface area contributed by atoms with Gasteiger partial charge in [-0.25, -0.2) is 8.93 Å². The predicted molar refractivity (Wildman–Crippen MR) is 57.4 cm³/mol. The molecule has 0 spiro atoms. The fourth-order valence-corrected chi connectivity index (χ4v) is 1.25. The first-order valence-electron chi connectivity index (χ1n) is 4.78. The van der Waals surface area contributed by atoms with E-state index >= 15 is 0 Å².